The monoisotopic (exact) mass is 235 g/mol. The number of nitrogens with two attached hydrogens (primary N) is 2. The van der Waals surface area contributed by atoms with Gasteiger partial charge in [-0.15, -0.1) is 0 Å². The van der Waals surface area contributed by atoms with Gasteiger partial charge in [-0.1, -0.05) is 19.4 Å². The van der Waals surface area contributed by atoms with Gasteiger partial charge in [0.1, 0.15) is 10.7 Å². The van der Waals surface area contributed by atoms with Crippen molar-refractivity contribution in [3.8, 4) is 0 Å². The van der Waals surface area contributed by atoms with Crippen LogP contribution in [0.5, 0.6) is 0 Å². The number of hydrogen-bond acceptors (Lipinski definition) is 3. The normalized spacial score (nSPS) is 17.2. The van der Waals surface area contributed by atoms with Crippen LogP contribution in [0.15, 0.2) is 17.2 Å². The van der Waals surface area contributed by atoms with Gasteiger partial charge in [0.25, 0.3) is 0 Å². The lowest BCUT2D eigenvalue weighted by molar-refractivity contribution is 0.363. The summed E-state index contributed by atoms with van der Waals surface area (Å²) in [5, 5.41) is 0. The molecule has 0 radical (unpaired) electrons. The molecule has 0 aliphatic carbocycles. The van der Waals surface area contributed by atoms with Gasteiger partial charge in [-0.3, -0.25) is 0 Å². The third-order valence-electron chi connectivity index (χ3n) is 1.37. The first-order valence-electron chi connectivity index (χ1n) is 3.15. The molecule has 0 spiro atoms. The number of nitrogens with zero attached hydrogens (tertiary/aromatic N) is 1. The van der Waals surface area contributed by atoms with Crippen molar-refractivity contribution in [3.05, 3.63) is 12.3 Å². The fourth-order valence-corrected chi connectivity index (χ4v) is 1.28. The van der Waals surface area contributed by atoms with Crippen molar-refractivity contribution in [1.29, 1.82) is 0 Å². The summed E-state index contributed by atoms with van der Waals surface area (Å²) in [6.07, 6.45) is -0.0345. The van der Waals surface area contributed by atoms with E-state index in [0.717, 1.165) is 0 Å². The molecule has 9 heteroatoms. The van der Waals surface area contributed by atoms with E-state index in [1.54, 1.807) is 0 Å². The topological polar surface area (TPSA) is 64.9 Å². The van der Waals surface area contributed by atoms with Crippen molar-refractivity contribution in [2.45, 2.75) is 4.90 Å². The first-order valence-corrected chi connectivity index (χ1v) is 5.10. The lowest BCUT2D eigenvalue weighted by Gasteiger charge is -2.40. The van der Waals surface area contributed by atoms with Crippen LogP contribution < -0.4 is 11.5 Å². The Bertz CT molecular complexity index is 385. The van der Waals surface area contributed by atoms with Crippen LogP contribution in [0, 0.1) is 0 Å². The fourth-order valence-electron chi connectivity index (χ4n) is 0.683. The van der Waals surface area contributed by atoms with Crippen LogP contribution in [0.4, 0.5) is 30.9 Å². The summed E-state index contributed by atoms with van der Waals surface area (Å²) in [5.41, 5.74) is 9.29. The van der Waals surface area contributed by atoms with Gasteiger partial charge in [0.15, 0.2) is 0 Å². The van der Waals surface area contributed by atoms with Crippen molar-refractivity contribution in [3.63, 3.8) is 0 Å². The standard InChI is InChI=1S/C5H6F5N3S/c6-14(7,8,9,10)3-1-4(11)5(12)13-2-3/h1-2H,11H2,(H2,12,13). The Morgan fingerprint density at radius 1 is 1.07 bits per heavy atom. The maximum absolute atomic E-state index is 12.1. The molecule has 14 heavy (non-hydrogen) atoms. The molecule has 0 saturated heterocycles. The van der Waals surface area contributed by atoms with Crippen molar-refractivity contribution in [1.82, 2.24) is 4.98 Å². The van der Waals surface area contributed by atoms with E-state index in [2.05, 4.69) is 4.98 Å². The molecule has 0 atom stereocenters. The molecule has 0 unspecified atom stereocenters. The molecular weight excluding hydrogens is 229 g/mol. The second-order valence-corrected chi connectivity index (χ2v) is 5.02. The van der Waals surface area contributed by atoms with Crippen LogP contribution in [-0.4, -0.2) is 4.98 Å². The van der Waals surface area contributed by atoms with Crippen LogP contribution in [0.25, 0.3) is 0 Å². The first-order chi connectivity index (χ1) is 5.90. The molecule has 0 aliphatic heterocycles. The highest BCUT2D eigenvalue weighted by Gasteiger charge is 2.65. The predicted octanol–water partition coefficient (Wildman–Crippen LogP) is 2.90. The molecule has 3 nitrogen and oxygen atoms in total. The van der Waals surface area contributed by atoms with Crippen molar-refractivity contribution >= 4 is 21.7 Å². The van der Waals surface area contributed by atoms with Gasteiger partial charge in [-0.25, -0.2) is 4.98 Å². The summed E-state index contributed by atoms with van der Waals surface area (Å²) in [4.78, 5) is 0.776. The van der Waals surface area contributed by atoms with E-state index in [1.165, 1.54) is 0 Å². The molecular formula is C5H6F5N3S. The highest BCUT2D eigenvalue weighted by molar-refractivity contribution is 8.45. The minimum Gasteiger partial charge on any atom is -0.396 e. The predicted molar refractivity (Wildman–Crippen MR) is 44.5 cm³/mol. The second kappa shape index (κ2) is 2.05. The highest BCUT2D eigenvalue weighted by atomic mass is 32.5. The van der Waals surface area contributed by atoms with Gasteiger partial charge < -0.3 is 11.5 Å². The summed E-state index contributed by atoms with van der Waals surface area (Å²) in [6, 6.07) is 0.0733. The van der Waals surface area contributed by atoms with Crippen LogP contribution in [0.2, 0.25) is 0 Å². The van der Waals surface area contributed by atoms with E-state index in [4.69, 9.17) is 11.5 Å². The minimum absolute atomic E-state index is 0.0345. The van der Waals surface area contributed by atoms with Crippen molar-refractivity contribution in [2.24, 2.45) is 0 Å². The lowest BCUT2D eigenvalue weighted by Crippen LogP contribution is -2.08. The molecule has 0 amide bonds. The van der Waals surface area contributed by atoms with Crippen LogP contribution in [0.3, 0.4) is 0 Å². The smallest absolute Gasteiger partial charge is 0.311 e. The zero-order valence-electron chi connectivity index (χ0n) is 6.55. The minimum atomic E-state index is -9.68. The number of hydrogen-bond donors (Lipinski definition) is 2. The average molecular weight is 235 g/mol. The van der Waals surface area contributed by atoms with Gasteiger partial charge in [-0.2, -0.15) is 0 Å². The van der Waals surface area contributed by atoms with Gasteiger partial charge in [0.2, 0.25) is 0 Å². The zero-order valence-corrected chi connectivity index (χ0v) is 7.37. The molecule has 4 N–H and O–H groups in total. The van der Waals surface area contributed by atoms with Crippen LogP contribution in [-0.2, 0) is 0 Å². The molecule has 0 aliphatic rings. The third-order valence-corrected chi connectivity index (χ3v) is 2.48. The molecule has 1 aromatic heterocycles. The SMILES string of the molecule is Nc1cc(S(F)(F)(F)(F)F)cnc1N. The largest absolute Gasteiger partial charge is 0.396 e. The number of pyridine rings is 1. The first kappa shape index (κ1) is 10.8. The Labute approximate surface area is 75.6 Å². The number of halogens is 5. The molecule has 0 aromatic carbocycles. The molecule has 82 valence electrons. The Morgan fingerprint density at radius 3 is 1.93 bits per heavy atom. The number of anilines is 2. The molecule has 0 bridgehead atoms. The van der Waals surface area contributed by atoms with Crippen molar-refractivity contribution in [2.75, 3.05) is 11.5 Å². The Balaban J connectivity index is 3.45. The third kappa shape index (κ3) is 2.16. The number of nitrogen functional groups attached to an aromatic ring is 2. The summed E-state index contributed by atoms with van der Waals surface area (Å²) < 4.78 is 60.6. The summed E-state index contributed by atoms with van der Waals surface area (Å²) in [6.45, 7) is 0. The Morgan fingerprint density at radius 2 is 1.57 bits per heavy atom. The maximum Gasteiger partial charge on any atom is 0.311 e. The molecule has 1 heterocycles. The average Bonchev–Trinajstić information content (AvgIpc) is 1.89. The van der Waals surface area contributed by atoms with Crippen LogP contribution in [0.1, 0.15) is 0 Å². The number of aromatic nitrogens is 1. The summed E-state index contributed by atoms with van der Waals surface area (Å²) >= 11 is 0. The molecule has 1 rings (SSSR count). The molecule has 1 aromatic rings. The van der Waals surface area contributed by atoms with Gasteiger partial charge >= 0.3 is 10.2 Å². The van der Waals surface area contributed by atoms with E-state index in [0.29, 0.717) is 0 Å². The summed E-state index contributed by atoms with van der Waals surface area (Å²) in [7, 11) is -9.68. The second-order valence-electron chi connectivity index (χ2n) is 2.61. The van der Waals surface area contributed by atoms with E-state index in [1.807, 2.05) is 0 Å². The fraction of sp³-hybridized carbons (Fsp3) is 0. The highest BCUT2D eigenvalue weighted by Crippen LogP contribution is 3.02. The van der Waals surface area contributed by atoms with E-state index >= 15 is 0 Å². The molecule has 0 saturated carbocycles. The maximum atomic E-state index is 12.1. The summed E-state index contributed by atoms with van der Waals surface area (Å²) in [5.74, 6) is -0.421. The zero-order chi connectivity index (χ0) is 11.3. The Kier molecular flexibility index (Phi) is 1.58. The van der Waals surface area contributed by atoms with E-state index in [9.17, 15) is 19.4 Å². The van der Waals surface area contributed by atoms with Crippen LogP contribution >= 0.6 is 10.2 Å². The Hall–Kier alpha value is -1.25. The van der Waals surface area contributed by atoms with Crippen molar-refractivity contribution < 1.29 is 19.4 Å². The lowest BCUT2D eigenvalue weighted by atomic mass is 10.4. The van der Waals surface area contributed by atoms with Gasteiger partial charge in [0.05, 0.1) is 11.9 Å². The van der Waals surface area contributed by atoms with Gasteiger partial charge in [-0.05, 0) is 6.07 Å². The quantitative estimate of drug-likeness (QED) is 0.735. The van der Waals surface area contributed by atoms with E-state index in [-0.39, 0.29) is 12.3 Å². The van der Waals surface area contributed by atoms with Gasteiger partial charge in [0, 0.05) is 0 Å². The van der Waals surface area contributed by atoms with E-state index < -0.39 is 26.6 Å². The molecule has 0 fully saturated rings. The number of rotatable bonds is 1.